The van der Waals surface area contributed by atoms with E-state index < -0.39 is 5.60 Å². The molecule has 1 radical (unpaired) electrons. The van der Waals surface area contributed by atoms with E-state index in [0.717, 1.165) is 24.5 Å². The van der Waals surface area contributed by atoms with Crippen molar-refractivity contribution < 1.29 is 5.11 Å². The lowest BCUT2D eigenvalue weighted by molar-refractivity contribution is 0.0782. The molecule has 0 atom stereocenters. The Balaban J connectivity index is 2.32. The van der Waals surface area contributed by atoms with Crippen molar-refractivity contribution in [2.24, 2.45) is 0 Å². The monoisotopic (exact) mass is 220 g/mol. The SMILES string of the molecule is CC(C)(O)c1cn[c]nc1N1CCCCC1. The fourth-order valence-electron chi connectivity index (χ4n) is 2.07. The molecule has 0 unspecified atom stereocenters. The second kappa shape index (κ2) is 4.37. The zero-order chi connectivity index (χ0) is 11.6. The van der Waals surface area contributed by atoms with Gasteiger partial charge in [-0.1, -0.05) is 0 Å². The second-order valence-corrected chi connectivity index (χ2v) is 4.81. The molecule has 0 saturated carbocycles. The van der Waals surface area contributed by atoms with Gasteiger partial charge in [0.25, 0.3) is 0 Å². The highest BCUT2D eigenvalue weighted by Gasteiger charge is 2.25. The number of aliphatic hydroxyl groups is 1. The maximum atomic E-state index is 10.1. The summed E-state index contributed by atoms with van der Waals surface area (Å²) in [6, 6.07) is 0. The van der Waals surface area contributed by atoms with Crippen LogP contribution in [-0.4, -0.2) is 28.2 Å². The molecule has 2 heterocycles. The van der Waals surface area contributed by atoms with Crippen LogP contribution in [0.1, 0.15) is 38.7 Å². The summed E-state index contributed by atoms with van der Waals surface area (Å²) in [5.74, 6) is 0.835. The van der Waals surface area contributed by atoms with Gasteiger partial charge in [0.2, 0.25) is 0 Å². The number of piperidine rings is 1. The molecule has 1 aliphatic rings. The fourth-order valence-corrected chi connectivity index (χ4v) is 2.07. The van der Waals surface area contributed by atoms with Crippen molar-refractivity contribution in [3.8, 4) is 0 Å². The van der Waals surface area contributed by atoms with Gasteiger partial charge in [0.05, 0.1) is 5.60 Å². The molecule has 1 aromatic heterocycles. The molecule has 4 nitrogen and oxygen atoms in total. The molecule has 1 aliphatic heterocycles. The van der Waals surface area contributed by atoms with E-state index in [-0.39, 0.29) is 0 Å². The van der Waals surface area contributed by atoms with Gasteiger partial charge in [-0.05, 0) is 33.1 Å². The van der Waals surface area contributed by atoms with Gasteiger partial charge in [-0.25, -0.2) is 9.97 Å². The van der Waals surface area contributed by atoms with Crippen molar-refractivity contribution >= 4 is 5.82 Å². The van der Waals surface area contributed by atoms with Gasteiger partial charge in [-0.2, -0.15) is 0 Å². The Morgan fingerprint density at radius 2 is 2.00 bits per heavy atom. The highest BCUT2D eigenvalue weighted by Crippen LogP contribution is 2.29. The van der Waals surface area contributed by atoms with Crippen LogP contribution in [0.3, 0.4) is 0 Å². The fraction of sp³-hybridized carbons (Fsp3) is 0.667. The van der Waals surface area contributed by atoms with Crippen LogP contribution >= 0.6 is 0 Å². The molecule has 1 fully saturated rings. The molecule has 1 N–H and O–H groups in total. The van der Waals surface area contributed by atoms with Crippen LogP contribution in [0.5, 0.6) is 0 Å². The molecule has 0 aromatic carbocycles. The first-order valence-electron chi connectivity index (χ1n) is 5.80. The lowest BCUT2D eigenvalue weighted by atomic mass is 9.99. The van der Waals surface area contributed by atoms with Crippen molar-refractivity contribution in [2.45, 2.75) is 38.7 Å². The summed E-state index contributed by atoms with van der Waals surface area (Å²) in [6.07, 6.45) is 7.94. The van der Waals surface area contributed by atoms with Gasteiger partial charge in [-0.3, -0.25) is 0 Å². The zero-order valence-electron chi connectivity index (χ0n) is 9.90. The summed E-state index contributed by atoms with van der Waals surface area (Å²) in [7, 11) is 0. The van der Waals surface area contributed by atoms with E-state index in [4.69, 9.17) is 0 Å². The number of aromatic nitrogens is 2. The van der Waals surface area contributed by atoms with Crippen LogP contribution in [0.15, 0.2) is 6.20 Å². The minimum atomic E-state index is -0.901. The van der Waals surface area contributed by atoms with Crippen LogP contribution in [0.4, 0.5) is 5.82 Å². The van der Waals surface area contributed by atoms with Gasteiger partial charge in [0, 0.05) is 24.8 Å². The minimum Gasteiger partial charge on any atom is -0.386 e. The first-order valence-corrected chi connectivity index (χ1v) is 5.80. The summed E-state index contributed by atoms with van der Waals surface area (Å²) in [5, 5.41) is 10.1. The van der Waals surface area contributed by atoms with Crippen molar-refractivity contribution in [2.75, 3.05) is 18.0 Å². The Morgan fingerprint density at radius 3 is 2.62 bits per heavy atom. The van der Waals surface area contributed by atoms with Crippen molar-refractivity contribution in [1.82, 2.24) is 9.97 Å². The van der Waals surface area contributed by atoms with Gasteiger partial charge in [0.1, 0.15) is 5.82 Å². The summed E-state index contributed by atoms with van der Waals surface area (Å²) < 4.78 is 0. The summed E-state index contributed by atoms with van der Waals surface area (Å²) in [5.41, 5.74) is -0.116. The molecular weight excluding hydrogens is 202 g/mol. The highest BCUT2D eigenvalue weighted by molar-refractivity contribution is 5.48. The van der Waals surface area contributed by atoms with E-state index in [9.17, 15) is 5.11 Å². The smallest absolute Gasteiger partial charge is 0.199 e. The quantitative estimate of drug-likeness (QED) is 0.820. The third-order valence-electron chi connectivity index (χ3n) is 2.96. The van der Waals surface area contributed by atoms with E-state index in [1.165, 1.54) is 19.3 Å². The number of hydrogen-bond acceptors (Lipinski definition) is 4. The summed E-state index contributed by atoms with van der Waals surface area (Å²) in [6.45, 7) is 5.54. The summed E-state index contributed by atoms with van der Waals surface area (Å²) >= 11 is 0. The number of nitrogens with zero attached hydrogens (tertiary/aromatic N) is 3. The molecule has 1 saturated heterocycles. The van der Waals surface area contributed by atoms with Crippen LogP contribution in [0.2, 0.25) is 0 Å². The normalized spacial score (nSPS) is 17.6. The maximum Gasteiger partial charge on any atom is 0.199 e. The van der Waals surface area contributed by atoms with E-state index in [0.29, 0.717) is 0 Å². The van der Waals surface area contributed by atoms with Gasteiger partial charge in [0.15, 0.2) is 6.33 Å². The Bertz CT molecular complexity index is 354. The molecule has 2 rings (SSSR count). The number of hydrogen-bond donors (Lipinski definition) is 1. The number of anilines is 1. The van der Waals surface area contributed by atoms with E-state index in [2.05, 4.69) is 21.2 Å². The van der Waals surface area contributed by atoms with Crippen LogP contribution in [0, 0.1) is 6.33 Å². The molecule has 4 heteroatoms. The molecule has 0 spiro atoms. The maximum absolute atomic E-state index is 10.1. The predicted molar refractivity (Wildman–Crippen MR) is 62.2 cm³/mol. The van der Waals surface area contributed by atoms with E-state index in [1.54, 1.807) is 20.0 Å². The van der Waals surface area contributed by atoms with E-state index >= 15 is 0 Å². The first kappa shape index (κ1) is 11.3. The molecular formula is C12H18N3O. The largest absolute Gasteiger partial charge is 0.386 e. The molecule has 0 aliphatic carbocycles. The average molecular weight is 220 g/mol. The minimum absolute atomic E-state index is 0.785. The number of rotatable bonds is 2. The molecule has 0 bridgehead atoms. The van der Waals surface area contributed by atoms with Gasteiger partial charge >= 0.3 is 0 Å². The third-order valence-corrected chi connectivity index (χ3v) is 2.96. The van der Waals surface area contributed by atoms with E-state index in [1.807, 2.05) is 0 Å². The van der Waals surface area contributed by atoms with Crippen LogP contribution in [0.25, 0.3) is 0 Å². The Kier molecular flexibility index (Phi) is 3.10. The molecule has 1 aromatic rings. The molecule has 16 heavy (non-hydrogen) atoms. The summed E-state index contributed by atoms with van der Waals surface area (Å²) in [4.78, 5) is 10.3. The van der Waals surface area contributed by atoms with Gasteiger partial charge in [-0.15, -0.1) is 0 Å². The topological polar surface area (TPSA) is 49.3 Å². The lowest BCUT2D eigenvalue weighted by Crippen LogP contribution is -2.33. The van der Waals surface area contributed by atoms with Crippen molar-refractivity contribution in [1.29, 1.82) is 0 Å². The molecule has 87 valence electrons. The van der Waals surface area contributed by atoms with Gasteiger partial charge < -0.3 is 10.0 Å². The van der Waals surface area contributed by atoms with Crippen LogP contribution < -0.4 is 4.90 Å². The third kappa shape index (κ3) is 2.32. The average Bonchev–Trinajstić information content (AvgIpc) is 2.29. The Labute approximate surface area is 96.3 Å². The Hall–Kier alpha value is -1.16. The predicted octanol–water partition coefficient (Wildman–Crippen LogP) is 1.49. The first-order chi connectivity index (χ1) is 7.59. The second-order valence-electron chi connectivity index (χ2n) is 4.81. The van der Waals surface area contributed by atoms with Crippen molar-refractivity contribution in [3.05, 3.63) is 18.1 Å². The Morgan fingerprint density at radius 1 is 1.31 bits per heavy atom. The standard InChI is InChI=1S/C12H18N3O/c1-12(2,16)10-8-13-9-14-11(10)15-6-4-3-5-7-15/h8,16H,3-7H2,1-2H3. The van der Waals surface area contributed by atoms with Crippen molar-refractivity contribution in [3.63, 3.8) is 0 Å². The highest BCUT2D eigenvalue weighted by atomic mass is 16.3. The van der Waals surface area contributed by atoms with Crippen LogP contribution in [-0.2, 0) is 5.60 Å². The zero-order valence-corrected chi connectivity index (χ0v) is 9.90. The molecule has 0 amide bonds. The lowest BCUT2D eigenvalue weighted by Gasteiger charge is -2.31.